The number of hydrazine groups is 1. The van der Waals surface area contributed by atoms with Gasteiger partial charge in [-0.2, -0.15) is 0 Å². The van der Waals surface area contributed by atoms with Gasteiger partial charge in [0.2, 0.25) is 0 Å². The van der Waals surface area contributed by atoms with E-state index in [0.717, 1.165) is 11.6 Å². The average Bonchev–Trinajstić information content (AvgIpc) is 2.47. The summed E-state index contributed by atoms with van der Waals surface area (Å²) in [4.78, 5) is 0. The van der Waals surface area contributed by atoms with Crippen LogP contribution in [-0.2, 0) is 0 Å². The zero-order valence-corrected chi connectivity index (χ0v) is 10.0. The molecule has 0 amide bonds. The molecule has 0 fully saturated rings. The van der Waals surface area contributed by atoms with E-state index in [-0.39, 0.29) is 0 Å². The number of rotatable bonds is 1. The fourth-order valence-corrected chi connectivity index (χ4v) is 1.98. The molecule has 0 radical (unpaired) electrons. The third-order valence-electron chi connectivity index (χ3n) is 3.01. The molecule has 2 rings (SSSR count). The fourth-order valence-electron chi connectivity index (χ4n) is 1.85. The highest BCUT2D eigenvalue weighted by Gasteiger charge is 2.21. The lowest BCUT2D eigenvalue weighted by atomic mass is 10.1. The van der Waals surface area contributed by atoms with Gasteiger partial charge < -0.3 is 5.01 Å². The van der Waals surface area contributed by atoms with E-state index in [9.17, 15) is 0 Å². The van der Waals surface area contributed by atoms with E-state index in [0.29, 0.717) is 0 Å². The lowest BCUT2D eigenvalue weighted by Crippen LogP contribution is -2.29. The Morgan fingerprint density at radius 3 is 2.20 bits per heavy atom. The molecule has 80 valence electrons. The van der Waals surface area contributed by atoms with Crippen molar-refractivity contribution in [3.63, 3.8) is 0 Å². The Balaban J connectivity index is 2.36. The molecule has 1 heterocycles. The summed E-state index contributed by atoms with van der Waals surface area (Å²) in [5.74, 6) is 0. The third-order valence-corrected chi connectivity index (χ3v) is 3.27. The van der Waals surface area contributed by atoms with Crippen LogP contribution in [0.5, 0.6) is 0 Å². The molecule has 1 aliphatic heterocycles. The van der Waals surface area contributed by atoms with Gasteiger partial charge in [0.25, 0.3) is 0 Å². The first-order valence-corrected chi connectivity index (χ1v) is 5.38. The molecule has 0 unspecified atom stereocenters. The topological polar surface area (TPSA) is 6.48 Å². The lowest BCUT2D eigenvalue weighted by Gasteiger charge is -2.22. The number of allylic oxidation sites excluding steroid dienone is 1. The van der Waals surface area contributed by atoms with Crippen molar-refractivity contribution in [2.24, 2.45) is 0 Å². The quantitative estimate of drug-likeness (QED) is 0.721. The Bertz CT molecular complexity index is 395. The normalized spacial score (nSPS) is 17.7. The Hall–Kier alpha value is -0.990. The van der Waals surface area contributed by atoms with E-state index >= 15 is 0 Å². The maximum Gasteiger partial charge on any atom is 0.0451 e. The summed E-state index contributed by atoms with van der Waals surface area (Å²) in [5, 5.41) is 5.15. The predicted octanol–water partition coefficient (Wildman–Crippen LogP) is 2.86. The molecular weight excluding hydrogens is 208 g/mol. The van der Waals surface area contributed by atoms with Gasteiger partial charge in [0.1, 0.15) is 0 Å². The van der Waals surface area contributed by atoms with Crippen molar-refractivity contribution in [2.75, 3.05) is 20.6 Å². The molecule has 0 aliphatic carbocycles. The van der Waals surface area contributed by atoms with Gasteiger partial charge in [-0.1, -0.05) is 23.7 Å². The summed E-state index contributed by atoms with van der Waals surface area (Å²) in [6, 6.07) is 8.04. The molecule has 3 heteroatoms. The maximum atomic E-state index is 5.88. The van der Waals surface area contributed by atoms with Crippen molar-refractivity contribution in [3.8, 4) is 0 Å². The predicted molar refractivity (Wildman–Crippen MR) is 64.4 cm³/mol. The van der Waals surface area contributed by atoms with E-state index in [2.05, 4.69) is 43.2 Å². The van der Waals surface area contributed by atoms with Crippen LogP contribution in [0.25, 0.3) is 5.57 Å². The fraction of sp³-hybridized carbons (Fsp3) is 0.333. The highest BCUT2D eigenvalue weighted by atomic mass is 35.5. The molecule has 1 aromatic rings. The Kier molecular flexibility index (Phi) is 2.72. The van der Waals surface area contributed by atoms with Gasteiger partial charge in [0.05, 0.1) is 0 Å². The number of halogens is 1. The average molecular weight is 223 g/mol. The first-order chi connectivity index (χ1) is 7.09. The van der Waals surface area contributed by atoms with Gasteiger partial charge in [0.15, 0.2) is 0 Å². The van der Waals surface area contributed by atoms with Crippen molar-refractivity contribution in [2.45, 2.75) is 6.92 Å². The molecule has 0 bridgehead atoms. The van der Waals surface area contributed by atoms with Crippen LogP contribution in [0, 0.1) is 0 Å². The van der Waals surface area contributed by atoms with Crippen LogP contribution in [0.2, 0.25) is 5.02 Å². The van der Waals surface area contributed by atoms with E-state index in [4.69, 9.17) is 11.6 Å². The van der Waals surface area contributed by atoms with Crippen molar-refractivity contribution >= 4 is 17.2 Å². The number of hydrogen-bond donors (Lipinski definition) is 0. The summed E-state index contributed by atoms with van der Waals surface area (Å²) in [6.45, 7) is 3.11. The first kappa shape index (κ1) is 10.5. The maximum absolute atomic E-state index is 5.88. The summed E-state index contributed by atoms with van der Waals surface area (Å²) in [6.07, 6.45) is 0. The first-order valence-electron chi connectivity index (χ1n) is 5.00. The van der Waals surface area contributed by atoms with Crippen molar-refractivity contribution < 1.29 is 0 Å². The molecule has 0 atom stereocenters. The second-order valence-electron chi connectivity index (χ2n) is 3.91. The van der Waals surface area contributed by atoms with Crippen LogP contribution in [0.3, 0.4) is 0 Å². The highest BCUT2D eigenvalue weighted by Crippen LogP contribution is 2.28. The molecule has 15 heavy (non-hydrogen) atoms. The smallest absolute Gasteiger partial charge is 0.0451 e. The number of benzene rings is 1. The third kappa shape index (κ3) is 1.87. The van der Waals surface area contributed by atoms with Crippen molar-refractivity contribution in [1.29, 1.82) is 0 Å². The molecular formula is C12H15ClN2. The minimum absolute atomic E-state index is 0.789. The molecule has 1 aromatic carbocycles. The summed E-state index contributed by atoms with van der Waals surface area (Å²) in [5.41, 5.74) is 3.93. The zero-order chi connectivity index (χ0) is 11.0. The second kappa shape index (κ2) is 3.87. The van der Waals surface area contributed by atoms with E-state index in [1.807, 2.05) is 12.1 Å². The molecule has 0 N–H and O–H groups in total. The summed E-state index contributed by atoms with van der Waals surface area (Å²) < 4.78 is 0. The van der Waals surface area contributed by atoms with Crippen molar-refractivity contribution in [3.05, 3.63) is 40.5 Å². The number of hydrogen-bond acceptors (Lipinski definition) is 2. The van der Waals surface area contributed by atoms with Gasteiger partial charge in [-0.05, 0) is 30.2 Å². The van der Waals surface area contributed by atoms with Gasteiger partial charge in [0, 0.05) is 31.4 Å². The van der Waals surface area contributed by atoms with Gasteiger partial charge in [-0.25, -0.2) is 5.01 Å². The molecule has 2 nitrogen and oxygen atoms in total. The second-order valence-corrected chi connectivity index (χ2v) is 4.35. The van der Waals surface area contributed by atoms with Gasteiger partial charge >= 0.3 is 0 Å². The molecule has 1 aliphatic rings. The van der Waals surface area contributed by atoms with E-state index in [1.54, 1.807) is 0 Å². The van der Waals surface area contributed by atoms with Gasteiger partial charge in [-0.3, -0.25) is 0 Å². The van der Waals surface area contributed by atoms with Gasteiger partial charge in [-0.15, -0.1) is 0 Å². The molecule has 0 saturated carbocycles. The van der Waals surface area contributed by atoms with Crippen LogP contribution >= 0.6 is 11.6 Å². The van der Waals surface area contributed by atoms with Crippen LogP contribution in [0.4, 0.5) is 0 Å². The SMILES string of the molecule is CC1=C(c2ccc(Cl)cc2)CN(C)N1C. The minimum atomic E-state index is 0.789. The number of likely N-dealkylation sites (N-methyl/N-ethyl adjacent to an activating group) is 1. The summed E-state index contributed by atoms with van der Waals surface area (Å²) >= 11 is 5.88. The van der Waals surface area contributed by atoms with Crippen molar-refractivity contribution in [1.82, 2.24) is 10.0 Å². The standard InChI is InChI=1S/C12H15ClN2/c1-9-12(8-14(2)15(9)3)10-4-6-11(13)7-5-10/h4-7H,8H2,1-3H3. The summed E-state index contributed by atoms with van der Waals surface area (Å²) in [7, 11) is 4.17. The Morgan fingerprint density at radius 1 is 1.13 bits per heavy atom. The largest absolute Gasteiger partial charge is 0.313 e. The molecule has 0 aromatic heterocycles. The van der Waals surface area contributed by atoms with Crippen LogP contribution < -0.4 is 0 Å². The minimum Gasteiger partial charge on any atom is -0.313 e. The lowest BCUT2D eigenvalue weighted by molar-refractivity contribution is 0.103. The zero-order valence-electron chi connectivity index (χ0n) is 9.29. The highest BCUT2D eigenvalue weighted by molar-refractivity contribution is 6.30. The van der Waals surface area contributed by atoms with Crippen LogP contribution in [0.15, 0.2) is 30.0 Å². The molecule has 0 spiro atoms. The van der Waals surface area contributed by atoms with E-state index < -0.39 is 0 Å². The number of nitrogens with zero attached hydrogens (tertiary/aromatic N) is 2. The van der Waals surface area contributed by atoms with E-state index in [1.165, 1.54) is 16.8 Å². The Labute approximate surface area is 95.7 Å². The van der Waals surface area contributed by atoms with Crippen LogP contribution in [0.1, 0.15) is 12.5 Å². The van der Waals surface area contributed by atoms with Crippen LogP contribution in [-0.4, -0.2) is 30.7 Å². The Morgan fingerprint density at radius 2 is 1.73 bits per heavy atom. The molecule has 0 saturated heterocycles. The monoisotopic (exact) mass is 222 g/mol.